The zero-order chi connectivity index (χ0) is 28.6. The first-order chi connectivity index (χ1) is 18.4. The summed E-state index contributed by atoms with van der Waals surface area (Å²) in [6, 6.07) is 23.2. The molecule has 2 amide bonds. The second kappa shape index (κ2) is 13.1. The summed E-state index contributed by atoms with van der Waals surface area (Å²) in [7, 11) is -4.12. The number of rotatable bonds is 11. The van der Waals surface area contributed by atoms with E-state index in [1.165, 1.54) is 29.2 Å². The van der Waals surface area contributed by atoms with Gasteiger partial charge in [0.2, 0.25) is 11.8 Å². The van der Waals surface area contributed by atoms with E-state index in [4.69, 9.17) is 11.6 Å². The van der Waals surface area contributed by atoms with Gasteiger partial charge in [-0.3, -0.25) is 13.9 Å². The van der Waals surface area contributed by atoms with Crippen LogP contribution in [0.2, 0.25) is 5.02 Å². The largest absolute Gasteiger partial charge is 0.350 e. The molecular formula is C30H36ClN3O4S. The molecule has 0 radical (unpaired) electrons. The molecule has 1 N–H and O–H groups in total. The van der Waals surface area contributed by atoms with E-state index in [0.29, 0.717) is 23.6 Å². The Balaban J connectivity index is 1.99. The second-order valence-corrected chi connectivity index (χ2v) is 12.6. The van der Waals surface area contributed by atoms with Gasteiger partial charge in [-0.1, -0.05) is 67.1 Å². The Morgan fingerprint density at radius 1 is 0.897 bits per heavy atom. The van der Waals surface area contributed by atoms with Crippen molar-refractivity contribution >= 4 is 39.1 Å². The number of hydrogen-bond donors (Lipinski definition) is 1. The van der Waals surface area contributed by atoms with E-state index in [9.17, 15) is 18.0 Å². The van der Waals surface area contributed by atoms with Gasteiger partial charge in [0.05, 0.1) is 10.6 Å². The molecule has 9 heteroatoms. The van der Waals surface area contributed by atoms with Crippen LogP contribution in [0.25, 0.3) is 0 Å². The molecule has 0 aliphatic carbocycles. The van der Waals surface area contributed by atoms with Gasteiger partial charge in [0.15, 0.2) is 0 Å². The summed E-state index contributed by atoms with van der Waals surface area (Å²) in [6.07, 6.45) is 0.888. The van der Waals surface area contributed by atoms with Crippen LogP contribution >= 0.6 is 11.6 Å². The number of amides is 2. The third-order valence-corrected chi connectivity index (χ3v) is 8.13. The minimum Gasteiger partial charge on any atom is -0.350 e. The van der Waals surface area contributed by atoms with E-state index >= 15 is 0 Å². The molecule has 0 bridgehead atoms. The summed E-state index contributed by atoms with van der Waals surface area (Å²) in [5, 5.41) is 3.37. The van der Waals surface area contributed by atoms with Crippen LogP contribution in [-0.4, -0.2) is 49.8 Å². The van der Waals surface area contributed by atoms with Crippen LogP contribution in [0, 0.1) is 0 Å². The molecule has 208 valence electrons. The Labute approximate surface area is 236 Å². The topological polar surface area (TPSA) is 86.8 Å². The van der Waals surface area contributed by atoms with Crippen LogP contribution in [0.3, 0.4) is 0 Å². The first-order valence-electron chi connectivity index (χ1n) is 12.9. The van der Waals surface area contributed by atoms with Gasteiger partial charge < -0.3 is 10.2 Å². The zero-order valence-corrected chi connectivity index (χ0v) is 24.4. The Morgan fingerprint density at radius 3 is 2.00 bits per heavy atom. The van der Waals surface area contributed by atoms with Gasteiger partial charge in [0.25, 0.3) is 10.0 Å². The van der Waals surface area contributed by atoms with E-state index in [1.807, 2.05) is 58.0 Å². The molecule has 0 saturated carbocycles. The molecule has 7 nitrogen and oxygen atoms in total. The maximum Gasteiger partial charge on any atom is 0.264 e. The van der Waals surface area contributed by atoms with E-state index in [0.717, 1.165) is 9.87 Å². The highest BCUT2D eigenvalue weighted by Crippen LogP contribution is 2.25. The van der Waals surface area contributed by atoms with Crippen LogP contribution < -0.4 is 9.62 Å². The van der Waals surface area contributed by atoms with Crippen molar-refractivity contribution in [3.63, 3.8) is 0 Å². The molecule has 0 aromatic heterocycles. The Bertz CT molecular complexity index is 1340. The smallest absolute Gasteiger partial charge is 0.264 e. The number of carbonyl (C=O) groups excluding carboxylic acids is 2. The predicted octanol–water partition coefficient (Wildman–Crippen LogP) is 5.30. The number of hydrogen-bond acceptors (Lipinski definition) is 4. The van der Waals surface area contributed by atoms with E-state index < -0.39 is 34.1 Å². The van der Waals surface area contributed by atoms with Crippen LogP contribution in [0.15, 0.2) is 89.8 Å². The molecule has 1 atom stereocenters. The molecule has 0 spiro atoms. The monoisotopic (exact) mass is 569 g/mol. The zero-order valence-electron chi connectivity index (χ0n) is 22.8. The quantitative estimate of drug-likeness (QED) is 0.339. The van der Waals surface area contributed by atoms with Crippen LogP contribution in [0.5, 0.6) is 0 Å². The first-order valence-corrected chi connectivity index (χ1v) is 14.7. The molecule has 0 saturated heterocycles. The third kappa shape index (κ3) is 8.31. The molecule has 0 aliphatic heterocycles. The Kier molecular flexibility index (Phi) is 10.2. The summed E-state index contributed by atoms with van der Waals surface area (Å²) in [4.78, 5) is 28.8. The minimum atomic E-state index is -4.12. The third-order valence-electron chi connectivity index (χ3n) is 6.09. The summed E-state index contributed by atoms with van der Waals surface area (Å²) in [6.45, 7) is 7.26. The fraction of sp³-hybridized carbons (Fsp3) is 0.333. The van der Waals surface area contributed by atoms with Crippen molar-refractivity contribution < 1.29 is 18.0 Å². The van der Waals surface area contributed by atoms with Crippen LogP contribution in [-0.2, 0) is 26.0 Å². The fourth-order valence-electron chi connectivity index (χ4n) is 4.21. The van der Waals surface area contributed by atoms with Crippen molar-refractivity contribution in [2.24, 2.45) is 0 Å². The lowest BCUT2D eigenvalue weighted by molar-refractivity contribution is -0.140. The number of carbonyl (C=O) groups is 2. The van der Waals surface area contributed by atoms with E-state index in [-0.39, 0.29) is 17.3 Å². The standard InChI is InChI=1S/C30H36ClN3O4S/c1-5-27(29(36)32-30(2,3)4)33(21-20-23-12-8-6-9-13-23)28(35)22-34(25-14-10-7-11-15-25)39(37,38)26-18-16-24(31)17-19-26/h6-19,27H,5,20-22H2,1-4H3,(H,32,36). The van der Waals surface area contributed by atoms with Gasteiger partial charge in [-0.2, -0.15) is 0 Å². The van der Waals surface area contributed by atoms with Crippen LogP contribution in [0.4, 0.5) is 5.69 Å². The fourth-order valence-corrected chi connectivity index (χ4v) is 5.75. The summed E-state index contributed by atoms with van der Waals surface area (Å²) < 4.78 is 28.6. The summed E-state index contributed by atoms with van der Waals surface area (Å²) in [5.41, 5.74) is 0.859. The van der Waals surface area contributed by atoms with E-state index in [1.54, 1.807) is 30.3 Å². The first kappa shape index (κ1) is 30.2. The number of benzene rings is 3. The molecule has 0 aliphatic rings. The van der Waals surface area contributed by atoms with Gasteiger partial charge in [0, 0.05) is 17.1 Å². The number of nitrogens with one attached hydrogen (secondary N) is 1. The van der Waals surface area contributed by atoms with Crippen LogP contribution in [0.1, 0.15) is 39.7 Å². The highest BCUT2D eigenvalue weighted by atomic mass is 35.5. The van der Waals surface area contributed by atoms with Gasteiger partial charge in [-0.25, -0.2) is 8.42 Å². The van der Waals surface area contributed by atoms with E-state index in [2.05, 4.69) is 5.32 Å². The molecular weight excluding hydrogens is 534 g/mol. The lowest BCUT2D eigenvalue weighted by Gasteiger charge is -2.34. The summed E-state index contributed by atoms with van der Waals surface area (Å²) >= 11 is 5.99. The van der Waals surface area contributed by atoms with Crippen molar-refractivity contribution in [3.8, 4) is 0 Å². The normalized spacial score (nSPS) is 12.4. The number of nitrogens with zero attached hydrogens (tertiary/aromatic N) is 2. The van der Waals surface area contributed by atoms with Gasteiger partial charge in [0.1, 0.15) is 12.6 Å². The highest BCUT2D eigenvalue weighted by molar-refractivity contribution is 7.92. The number of para-hydroxylation sites is 1. The lowest BCUT2D eigenvalue weighted by atomic mass is 10.1. The number of sulfonamides is 1. The average Bonchev–Trinajstić information content (AvgIpc) is 2.89. The molecule has 3 rings (SSSR count). The average molecular weight is 570 g/mol. The van der Waals surface area contributed by atoms with Gasteiger partial charge >= 0.3 is 0 Å². The predicted molar refractivity (Wildman–Crippen MR) is 156 cm³/mol. The Hall–Kier alpha value is -3.36. The van der Waals surface area contributed by atoms with Gasteiger partial charge in [-0.15, -0.1) is 0 Å². The van der Waals surface area contributed by atoms with Gasteiger partial charge in [-0.05, 0) is 75.6 Å². The minimum absolute atomic E-state index is 0.0110. The van der Waals surface area contributed by atoms with Crippen molar-refractivity contribution in [2.45, 2.75) is 57.0 Å². The summed E-state index contributed by atoms with van der Waals surface area (Å²) in [5.74, 6) is -0.749. The Morgan fingerprint density at radius 2 is 1.46 bits per heavy atom. The maximum atomic E-state index is 14.0. The SMILES string of the molecule is CCC(C(=O)NC(C)(C)C)N(CCc1ccccc1)C(=O)CN(c1ccccc1)S(=O)(=O)c1ccc(Cl)cc1. The van der Waals surface area contributed by atoms with Crippen molar-refractivity contribution in [1.29, 1.82) is 0 Å². The molecule has 3 aromatic rings. The number of anilines is 1. The molecule has 39 heavy (non-hydrogen) atoms. The van der Waals surface area contributed by atoms with Crippen molar-refractivity contribution in [3.05, 3.63) is 95.5 Å². The highest BCUT2D eigenvalue weighted by Gasteiger charge is 2.34. The lowest BCUT2D eigenvalue weighted by Crippen LogP contribution is -2.56. The van der Waals surface area contributed by atoms with Crippen molar-refractivity contribution in [2.75, 3.05) is 17.4 Å². The number of halogens is 1. The maximum absolute atomic E-state index is 14.0. The second-order valence-electron chi connectivity index (χ2n) is 10.3. The molecule has 0 fully saturated rings. The van der Waals surface area contributed by atoms with Crippen molar-refractivity contribution in [1.82, 2.24) is 10.2 Å². The molecule has 1 unspecified atom stereocenters. The molecule has 0 heterocycles. The molecule has 3 aromatic carbocycles.